The second kappa shape index (κ2) is 6.14. The Kier molecular flexibility index (Phi) is 4.29. The molecule has 5 heteroatoms. The van der Waals surface area contributed by atoms with Crippen molar-refractivity contribution in [2.24, 2.45) is 0 Å². The average molecular weight is 284 g/mol. The molecule has 0 aromatic heterocycles. The number of dihydropyridines is 1. The van der Waals surface area contributed by atoms with Gasteiger partial charge >= 0.3 is 5.97 Å². The largest absolute Gasteiger partial charge is 0.479 e. The number of hydrogen-bond donors (Lipinski definition) is 2. The lowest BCUT2D eigenvalue weighted by Crippen LogP contribution is -2.29. The van der Waals surface area contributed by atoms with Crippen LogP contribution in [-0.4, -0.2) is 17.7 Å². The zero-order valence-corrected chi connectivity index (χ0v) is 11.9. The van der Waals surface area contributed by atoms with Gasteiger partial charge in [-0.2, -0.15) is 5.26 Å². The van der Waals surface area contributed by atoms with Gasteiger partial charge < -0.3 is 15.2 Å². The van der Waals surface area contributed by atoms with Gasteiger partial charge in [0.05, 0.1) is 18.1 Å². The molecule has 0 radical (unpaired) electrons. The topological polar surface area (TPSA) is 82.3 Å². The quantitative estimate of drug-likeness (QED) is 0.887. The number of carboxylic acid groups (broad SMARTS) is 1. The molecule has 0 spiro atoms. The van der Waals surface area contributed by atoms with Crippen molar-refractivity contribution in [1.29, 1.82) is 5.26 Å². The molecular weight excluding hydrogens is 268 g/mol. The number of nitrogens with zero attached hydrogens (tertiary/aromatic N) is 1. The predicted molar refractivity (Wildman–Crippen MR) is 76.9 cm³/mol. The number of hydrogen-bond acceptors (Lipinski definition) is 4. The summed E-state index contributed by atoms with van der Waals surface area (Å²) in [5, 5.41) is 21.8. The maximum atomic E-state index is 11.6. The van der Waals surface area contributed by atoms with Crippen molar-refractivity contribution in [3.8, 4) is 6.07 Å². The fourth-order valence-electron chi connectivity index (χ4n) is 2.43. The van der Waals surface area contributed by atoms with Crippen molar-refractivity contribution in [3.05, 3.63) is 58.6 Å². The Balaban J connectivity index is 2.63. The van der Waals surface area contributed by atoms with Crippen LogP contribution in [0.1, 0.15) is 25.3 Å². The molecule has 1 aromatic rings. The van der Waals surface area contributed by atoms with Gasteiger partial charge in [-0.1, -0.05) is 30.3 Å². The fourth-order valence-corrected chi connectivity index (χ4v) is 2.43. The fraction of sp³-hybridized carbons (Fsp3) is 0.250. The Bertz CT molecular complexity index is 654. The minimum atomic E-state index is -1.04. The van der Waals surface area contributed by atoms with Crippen LogP contribution in [0, 0.1) is 11.3 Å². The van der Waals surface area contributed by atoms with Crippen LogP contribution in [0.15, 0.2) is 53.1 Å². The van der Waals surface area contributed by atoms with E-state index in [4.69, 9.17) is 4.74 Å². The smallest absolute Gasteiger partial charge is 0.334 e. The van der Waals surface area contributed by atoms with Gasteiger partial charge in [-0.15, -0.1) is 0 Å². The summed E-state index contributed by atoms with van der Waals surface area (Å²) in [6.07, 6.45) is 0. The van der Waals surface area contributed by atoms with Gasteiger partial charge in [-0.3, -0.25) is 0 Å². The molecule has 0 aliphatic carbocycles. The first-order valence-electron chi connectivity index (χ1n) is 6.63. The summed E-state index contributed by atoms with van der Waals surface area (Å²) in [4.78, 5) is 11.6. The molecule has 0 fully saturated rings. The van der Waals surface area contributed by atoms with Gasteiger partial charge in [0.15, 0.2) is 0 Å². The lowest BCUT2D eigenvalue weighted by molar-refractivity contribution is -0.133. The molecule has 0 saturated heterocycles. The lowest BCUT2D eigenvalue weighted by Gasteiger charge is -2.28. The number of benzene rings is 1. The molecule has 1 atom stereocenters. The summed E-state index contributed by atoms with van der Waals surface area (Å²) >= 11 is 0. The van der Waals surface area contributed by atoms with Gasteiger partial charge in [-0.05, 0) is 19.4 Å². The van der Waals surface area contributed by atoms with E-state index in [0.717, 1.165) is 5.56 Å². The van der Waals surface area contributed by atoms with E-state index >= 15 is 0 Å². The van der Waals surface area contributed by atoms with E-state index in [-0.39, 0.29) is 11.1 Å². The van der Waals surface area contributed by atoms with E-state index in [2.05, 4.69) is 11.4 Å². The van der Waals surface area contributed by atoms with Crippen molar-refractivity contribution in [2.45, 2.75) is 19.8 Å². The van der Waals surface area contributed by atoms with Gasteiger partial charge in [0, 0.05) is 5.70 Å². The highest BCUT2D eigenvalue weighted by Crippen LogP contribution is 2.37. The van der Waals surface area contributed by atoms with Gasteiger partial charge in [-0.25, -0.2) is 4.79 Å². The molecular formula is C16H16N2O3. The Morgan fingerprint density at radius 1 is 1.43 bits per heavy atom. The molecule has 1 unspecified atom stereocenters. The number of aliphatic carboxylic acids is 1. The van der Waals surface area contributed by atoms with Crippen LogP contribution in [0.4, 0.5) is 0 Å². The van der Waals surface area contributed by atoms with E-state index in [0.29, 0.717) is 18.2 Å². The summed E-state index contributed by atoms with van der Waals surface area (Å²) in [7, 11) is 0. The molecule has 0 amide bonds. The average Bonchev–Trinajstić information content (AvgIpc) is 2.47. The number of nitrogens with one attached hydrogen (secondary N) is 1. The summed E-state index contributed by atoms with van der Waals surface area (Å²) < 4.78 is 5.46. The van der Waals surface area contributed by atoms with E-state index in [1.165, 1.54) is 0 Å². The zero-order chi connectivity index (χ0) is 15.4. The van der Waals surface area contributed by atoms with Crippen molar-refractivity contribution in [3.63, 3.8) is 0 Å². The summed E-state index contributed by atoms with van der Waals surface area (Å²) in [6.45, 7) is 3.88. The second-order valence-corrected chi connectivity index (χ2v) is 4.60. The van der Waals surface area contributed by atoms with Crippen molar-refractivity contribution >= 4 is 5.97 Å². The molecule has 2 N–H and O–H groups in total. The van der Waals surface area contributed by atoms with Crippen LogP contribution in [-0.2, 0) is 9.53 Å². The minimum Gasteiger partial charge on any atom is -0.479 e. The third-order valence-corrected chi connectivity index (χ3v) is 3.30. The van der Waals surface area contributed by atoms with Crippen LogP contribution < -0.4 is 5.32 Å². The van der Waals surface area contributed by atoms with Gasteiger partial charge in [0.25, 0.3) is 0 Å². The van der Waals surface area contributed by atoms with Crippen LogP contribution >= 0.6 is 0 Å². The van der Waals surface area contributed by atoms with Crippen LogP contribution in [0.5, 0.6) is 0 Å². The molecule has 0 bridgehead atoms. The first-order chi connectivity index (χ1) is 10.1. The molecule has 1 heterocycles. The Morgan fingerprint density at radius 2 is 2.10 bits per heavy atom. The third-order valence-electron chi connectivity index (χ3n) is 3.30. The first kappa shape index (κ1) is 14.7. The highest BCUT2D eigenvalue weighted by atomic mass is 16.5. The minimum absolute atomic E-state index is 0.168. The Morgan fingerprint density at radius 3 is 2.62 bits per heavy atom. The van der Waals surface area contributed by atoms with Gasteiger partial charge in [0.2, 0.25) is 5.88 Å². The predicted octanol–water partition coefficient (Wildman–Crippen LogP) is 2.50. The van der Waals surface area contributed by atoms with Crippen LogP contribution in [0.25, 0.3) is 0 Å². The van der Waals surface area contributed by atoms with E-state index < -0.39 is 11.9 Å². The van der Waals surface area contributed by atoms with Gasteiger partial charge in [0.1, 0.15) is 11.6 Å². The summed E-state index contributed by atoms with van der Waals surface area (Å²) in [6, 6.07) is 11.2. The molecule has 21 heavy (non-hydrogen) atoms. The molecule has 1 aliphatic heterocycles. The summed E-state index contributed by atoms with van der Waals surface area (Å²) in [5.41, 5.74) is 1.69. The number of nitriles is 1. The molecule has 2 rings (SSSR count). The van der Waals surface area contributed by atoms with Crippen molar-refractivity contribution in [1.82, 2.24) is 5.32 Å². The van der Waals surface area contributed by atoms with E-state index in [9.17, 15) is 15.2 Å². The van der Waals surface area contributed by atoms with Crippen molar-refractivity contribution < 1.29 is 14.6 Å². The molecule has 5 nitrogen and oxygen atoms in total. The highest BCUT2D eigenvalue weighted by molar-refractivity contribution is 5.91. The lowest BCUT2D eigenvalue weighted by atomic mass is 9.82. The molecule has 1 aliphatic rings. The van der Waals surface area contributed by atoms with Crippen LogP contribution in [0.3, 0.4) is 0 Å². The van der Waals surface area contributed by atoms with E-state index in [1.54, 1.807) is 6.92 Å². The third kappa shape index (κ3) is 2.75. The second-order valence-electron chi connectivity index (χ2n) is 4.60. The summed E-state index contributed by atoms with van der Waals surface area (Å²) in [5.74, 6) is -1.34. The zero-order valence-electron chi connectivity index (χ0n) is 11.9. The normalized spacial score (nSPS) is 18.0. The Labute approximate surface area is 123 Å². The van der Waals surface area contributed by atoms with E-state index in [1.807, 2.05) is 37.3 Å². The number of ether oxygens (including phenoxy) is 1. The number of allylic oxidation sites excluding steroid dienone is 2. The van der Waals surface area contributed by atoms with Crippen LogP contribution in [0.2, 0.25) is 0 Å². The first-order valence-corrected chi connectivity index (χ1v) is 6.63. The SMILES string of the molecule is CCOC1=C(C#N)C(c2ccccc2)C(C(=O)O)=C(C)N1. The molecule has 0 saturated carbocycles. The monoisotopic (exact) mass is 284 g/mol. The Hall–Kier alpha value is -2.74. The number of carboxylic acids is 1. The molecule has 1 aromatic carbocycles. The van der Waals surface area contributed by atoms with Crippen molar-refractivity contribution in [2.75, 3.05) is 6.61 Å². The molecule has 108 valence electrons. The maximum absolute atomic E-state index is 11.6. The number of rotatable bonds is 4. The standard InChI is InChI=1S/C16H16N2O3/c1-3-21-15-12(9-17)14(11-7-5-4-6-8-11)13(16(19)20)10(2)18-15/h4-8,14,18H,3H2,1-2H3,(H,19,20). The number of carbonyl (C=O) groups is 1. The highest BCUT2D eigenvalue weighted by Gasteiger charge is 2.35. The maximum Gasteiger partial charge on any atom is 0.334 e.